The molecule has 1 amide bonds. The van der Waals surface area contributed by atoms with Crippen LogP contribution in [0.25, 0.3) is 0 Å². The SMILES string of the molecule is C#CCNc1ccc(C(=O)NCC)cc1. The molecule has 0 aliphatic carbocycles. The van der Waals surface area contributed by atoms with E-state index in [2.05, 4.69) is 16.6 Å². The maximum Gasteiger partial charge on any atom is 0.251 e. The van der Waals surface area contributed by atoms with Crippen molar-refractivity contribution in [1.82, 2.24) is 5.32 Å². The molecule has 3 nitrogen and oxygen atoms in total. The van der Waals surface area contributed by atoms with E-state index in [1.807, 2.05) is 19.1 Å². The fourth-order valence-corrected chi connectivity index (χ4v) is 1.16. The molecule has 15 heavy (non-hydrogen) atoms. The zero-order valence-electron chi connectivity index (χ0n) is 8.71. The van der Waals surface area contributed by atoms with Crippen molar-refractivity contribution in [3.8, 4) is 12.3 Å². The number of benzene rings is 1. The number of terminal acetylenes is 1. The lowest BCUT2D eigenvalue weighted by molar-refractivity contribution is 0.0956. The van der Waals surface area contributed by atoms with Gasteiger partial charge in [-0.15, -0.1) is 6.42 Å². The highest BCUT2D eigenvalue weighted by Gasteiger charge is 2.02. The molecule has 0 aliphatic heterocycles. The van der Waals surface area contributed by atoms with Gasteiger partial charge in [0.2, 0.25) is 0 Å². The van der Waals surface area contributed by atoms with Crippen LogP contribution in [0.5, 0.6) is 0 Å². The maximum atomic E-state index is 11.4. The third-order valence-corrected chi connectivity index (χ3v) is 1.88. The first-order valence-corrected chi connectivity index (χ1v) is 4.83. The molecule has 0 radical (unpaired) electrons. The molecule has 0 fully saturated rings. The van der Waals surface area contributed by atoms with E-state index in [-0.39, 0.29) is 5.91 Å². The molecule has 0 atom stereocenters. The Balaban J connectivity index is 2.64. The van der Waals surface area contributed by atoms with Gasteiger partial charge in [-0.25, -0.2) is 0 Å². The van der Waals surface area contributed by atoms with Gasteiger partial charge in [-0.2, -0.15) is 0 Å². The van der Waals surface area contributed by atoms with Gasteiger partial charge in [-0.3, -0.25) is 4.79 Å². The zero-order valence-corrected chi connectivity index (χ0v) is 8.71. The molecule has 0 spiro atoms. The minimum absolute atomic E-state index is 0.0546. The number of anilines is 1. The highest BCUT2D eigenvalue weighted by Crippen LogP contribution is 2.08. The van der Waals surface area contributed by atoms with Crippen LogP contribution in [0.15, 0.2) is 24.3 Å². The summed E-state index contributed by atoms with van der Waals surface area (Å²) in [5, 5.41) is 5.76. The Hall–Kier alpha value is -1.95. The average molecular weight is 202 g/mol. The van der Waals surface area contributed by atoms with Crippen molar-refractivity contribution in [3.63, 3.8) is 0 Å². The summed E-state index contributed by atoms with van der Waals surface area (Å²) in [6.45, 7) is 3.01. The molecular formula is C12H14N2O. The van der Waals surface area contributed by atoms with Gasteiger partial charge in [0.25, 0.3) is 5.91 Å². The summed E-state index contributed by atoms with van der Waals surface area (Å²) in [4.78, 5) is 11.4. The Morgan fingerprint density at radius 1 is 1.40 bits per heavy atom. The highest BCUT2D eigenvalue weighted by atomic mass is 16.1. The summed E-state index contributed by atoms with van der Waals surface area (Å²) in [6, 6.07) is 7.21. The van der Waals surface area contributed by atoms with Crippen molar-refractivity contribution in [2.24, 2.45) is 0 Å². The van der Waals surface area contributed by atoms with E-state index in [9.17, 15) is 4.79 Å². The van der Waals surface area contributed by atoms with Gasteiger partial charge in [0.1, 0.15) is 0 Å². The monoisotopic (exact) mass is 202 g/mol. The molecule has 0 saturated heterocycles. The molecule has 0 aliphatic rings. The molecule has 2 N–H and O–H groups in total. The van der Waals surface area contributed by atoms with Crippen molar-refractivity contribution in [3.05, 3.63) is 29.8 Å². The summed E-state index contributed by atoms with van der Waals surface area (Å²) in [5.41, 5.74) is 1.57. The molecule has 1 aromatic carbocycles. The Kier molecular flexibility index (Phi) is 4.24. The Morgan fingerprint density at radius 2 is 2.07 bits per heavy atom. The molecule has 0 saturated carbocycles. The van der Waals surface area contributed by atoms with Gasteiger partial charge in [-0.1, -0.05) is 5.92 Å². The fourth-order valence-electron chi connectivity index (χ4n) is 1.16. The smallest absolute Gasteiger partial charge is 0.251 e. The Morgan fingerprint density at radius 3 is 2.60 bits per heavy atom. The number of amides is 1. The first kappa shape index (κ1) is 11.1. The predicted octanol–water partition coefficient (Wildman–Crippen LogP) is 1.48. The van der Waals surface area contributed by atoms with Crippen LogP contribution in [-0.4, -0.2) is 19.0 Å². The number of carbonyl (C=O) groups is 1. The van der Waals surface area contributed by atoms with Crippen molar-refractivity contribution >= 4 is 11.6 Å². The molecule has 0 heterocycles. The maximum absolute atomic E-state index is 11.4. The van der Waals surface area contributed by atoms with Crippen LogP contribution < -0.4 is 10.6 Å². The second-order valence-electron chi connectivity index (χ2n) is 2.99. The number of hydrogen-bond acceptors (Lipinski definition) is 2. The number of hydrogen-bond donors (Lipinski definition) is 2. The fraction of sp³-hybridized carbons (Fsp3) is 0.250. The van der Waals surface area contributed by atoms with Gasteiger partial charge in [-0.05, 0) is 31.2 Å². The lowest BCUT2D eigenvalue weighted by Crippen LogP contribution is -2.22. The van der Waals surface area contributed by atoms with Gasteiger partial charge in [0.05, 0.1) is 6.54 Å². The summed E-state index contributed by atoms with van der Waals surface area (Å²) < 4.78 is 0. The first-order valence-electron chi connectivity index (χ1n) is 4.83. The van der Waals surface area contributed by atoms with Gasteiger partial charge in [0, 0.05) is 17.8 Å². The molecule has 78 valence electrons. The number of nitrogens with one attached hydrogen (secondary N) is 2. The second-order valence-corrected chi connectivity index (χ2v) is 2.99. The van der Waals surface area contributed by atoms with Crippen LogP contribution in [0, 0.1) is 12.3 Å². The third kappa shape index (κ3) is 3.35. The minimum Gasteiger partial charge on any atom is -0.374 e. The topological polar surface area (TPSA) is 41.1 Å². The number of rotatable bonds is 4. The van der Waals surface area contributed by atoms with Crippen LogP contribution in [0.1, 0.15) is 17.3 Å². The van der Waals surface area contributed by atoms with Crippen molar-refractivity contribution < 1.29 is 4.79 Å². The normalized spacial score (nSPS) is 9.07. The molecule has 1 rings (SSSR count). The van der Waals surface area contributed by atoms with Crippen LogP contribution in [0.2, 0.25) is 0 Å². The zero-order chi connectivity index (χ0) is 11.1. The van der Waals surface area contributed by atoms with Gasteiger partial charge >= 0.3 is 0 Å². The Bertz CT molecular complexity index is 362. The lowest BCUT2D eigenvalue weighted by Gasteiger charge is -2.04. The Labute approximate surface area is 89.9 Å². The summed E-state index contributed by atoms with van der Waals surface area (Å²) >= 11 is 0. The lowest BCUT2D eigenvalue weighted by atomic mass is 10.2. The summed E-state index contributed by atoms with van der Waals surface area (Å²) in [5.74, 6) is 2.43. The molecule has 0 unspecified atom stereocenters. The third-order valence-electron chi connectivity index (χ3n) is 1.88. The van der Waals surface area contributed by atoms with Crippen LogP contribution in [0.4, 0.5) is 5.69 Å². The van der Waals surface area contributed by atoms with E-state index >= 15 is 0 Å². The first-order chi connectivity index (χ1) is 7.27. The largest absolute Gasteiger partial charge is 0.374 e. The molecule has 0 bridgehead atoms. The van der Waals surface area contributed by atoms with Crippen molar-refractivity contribution in [1.29, 1.82) is 0 Å². The van der Waals surface area contributed by atoms with Crippen molar-refractivity contribution in [2.75, 3.05) is 18.4 Å². The molecule has 0 aromatic heterocycles. The quantitative estimate of drug-likeness (QED) is 0.726. The van der Waals surface area contributed by atoms with Crippen LogP contribution >= 0.6 is 0 Å². The van der Waals surface area contributed by atoms with E-state index in [0.717, 1.165) is 5.69 Å². The van der Waals surface area contributed by atoms with E-state index in [1.165, 1.54) is 0 Å². The minimum atomic E-state index is -0.0546. The van der Waals surface area contributed by atoms with Crippen LogP contribution in [-0.2, 0) is 0 Å². The predicted molar refractivity (Wildman–Crippen MR) is 61.8 cm³/mol. The highest BCUT2D eigenvalue weighted by molar-refractivity contribution is 5.94. The molecular weight excluding hydrogens is 188 g/mol. The molecule has 3 heteroatoms. The van der Waals surface area contributed by atoms with E-state index < -0.39 is 0 Å². The van der Waals surface area contributed by atoms with E-state index in [0.29, 0.717) is 18.7 Å². The van der Waals surface area contributed by atoms with Crippen LogP contribution in [0.3, 0.4) is 0 Å². The summed E-state index contributed by atoms with van der Waals surface area (Å²) in [6.07, 6.45) is 5.12. The van der Waals surface area contributed by atoms with Crippen molar-refractivity contribution in [2.45, 2.75) is 6.92 Å². The average Bonchev–Trinajstić information content (AvgIpc) is 2.27. The standard InChI is InChI=1S/C12H14N2O/c1-3-9-14-11-7-5-10(6-8-11)12(15)13-4-2/h1,5-8,14H,4,9H2,2H3,(H,13,15). The number of carbonyl (C=O) groups excluding carboxylic acids is 1. The van der Waals surface area contributed by atoms with Gasteiger partial charge < -0.3 is 10.6 Å². The second kappa shape index (κ2) is 5.71. The van der Waals surface area contributed by atoms with Gasteiger partial charge in [0.15, 0.2) is 0 Å². The van der Waals surface area contributed by atoms with E-state index in [1.54, 1.807) is 12.1 Å². The summed E-state index contributed by atoms with van der Waals surface area (Å²) in [7, 11) is 0. The van der Waals surface area contributed by atoms with E-state index in [4.69, 9.17) is 6.42 Å². The molecule has 1 aromatic rings.